The number of nitrogens with one attached hydrogen (secondary N) is 1. The summed E-state index contributed by atoms with van der Waals surface area (Å²) in [6, 6.07) is 17.3. The maximum absolute atomic E-state index is 13.4. The maximum atomic E-state index is 13.4. The Morgan fingerprint density at radius 2 is 1.67 bits per heavy atom. The molecule has 3 aromatic carbocycles. The molecule has 0 aromatic heterocycles. The molecule has 0 spiro atoms. The summed E-state index contributed by atoms with van der Waals surface area (Å²) < 4.78 is 33.3. The zero-order valence-electron chi connectivity index (χ0n) is 17.7. The second-order valence-corrected chi connectivity index (χ2v) is 10.2. The molecule has 0 heterocycles. The molecular formula is C23H20BrClN2O5S. The number of benzene rings is 3. The maximum Gasteiger partial charge on any atom is 0.339 e. The van der Waals surface area contributed by atoms with Crippen molar-refractivity contribution < 1.29 is 22.7 Å². The molecule has 0 saturated heterocycles. The highest BCUT2D eigenvalue weighted by Gasteiger charge is 2.27. The minimum atomic E-state index is -4.04. The lowest BCUT2D eigenvalue weighted by atomic mass is 10.2. The van der Waals surface area contributed by atoms with Gasteiger partial charge in [0.05, 0.1) is 28.3 Å². The molecule has 0 atom stereocenters. The molecule has 10 heteroatoms. The van der Waals surface area contributed by atoms with E-state index in [1.165, 1.54) is 37.4 Å². The molecule has 0 radical (unpaired) electrons. The number of carbonyl (C=O) groups excluding carboxylic acids is 2. The molecule has 0 aliphatic rings. The van der Waals surface area contributed by atoms with Crippen molar-refractivity contribution in [3.63, 3.8) is 0 Å². The number of carbonyl (C=O) groups is 2. The van der Waals surface area contributed by atoms with Crippen molar-refractivity contribution in [3.05, 3.63) is 87.4 Å². The minimum absolute atomic E-state index is 0.0586. The van der Waals surface area contributed by atoms with Crippen LogP contribution >= 0.6 is 27.5 Å². The number of halogens is 2. The lowest BCUT2D eigenvalue weighted by Gasteiger charge is -2.24. The van der Waals surface area contributed by atoms with Gasteiger partial charge in [-0.25, -0.2) is 13.2 Å². The van der Waals surface area contributed by atoms with Crippen LogP contribution in [0.5, 0.6) is 0 Å². The van der Waals surface area contributed by atoms with Gasteiger partial charge >= 0.3 is 5.97 Å². The van der Waals surface area contributed by atoms with Crippen molar-refractivity contribution in [2.45, 2.75) is 11.8 Å². The smallest absolute Gasteiger partial charge is 0.339 e. The Morgan fingerprint density at radius 1 is 1.03 bits per heavy atom. The number of methoxy groups -OCH3 is 1. The number of sulfonamides is 1. The van der Waals surface area contributed by atoms with Crippen molar-refractivity contribution in [3.8, 4) is 0 Å². The highest BCUT2D eigenvalue weighted by atomic mass is 79.9. The van der Waals surface area contributed by atoms with Crippen LogP contribution in [0.1, 0.15) is 15.9 Å². The fraction of sp³-hybridized carbons (Fsp3) is 0.130. The Morgan fingerprint density at radius 3 is 2.27 bits per heavy atom. The highest BCUT2D eigenvalue weighted by Crippen LogP contribution is 2.26. The first-order chi connectivity index (χ1) is 15.6. The normalized spacial score (nSPS) is 11.0. The molecule has 0 saturated carbocycles. The van der Waals surface area contributed by atoms with E-state index in [1.54, 1.807) is 36.4 Å². The van der Waals surface area contributed by atoms with Crippen molar-refractivity contribution in [1.82, 2.24) is 0 Å². The third-order valence-electron chi connectivity index (χ3n) is 4.67. The van der Waals surface area contributed by atoms with Gasteiger partial charge in [0, 0.05) is 10.2 Å². The Kier molecular flexibility index (Phi) is 7.78. The lowest BCUT2D eigenvalue weighted by Crippen LogP contribution is -2.38. The van der Waals surface area contributed by atoms with E-state index in [9.17, 15) is 18.0 Å². The summed E-state index contributed by atoms with van der Waals surface area (Å²) in [5, 5.41) is 2.78. The second-order valence-electron chi connectivity index (χ2n) is 7.04. The first kappa shape index (κ1) is 24.8. The second kappa shape index (κ2) is 10.4. The highest BCUT2D eigenvalue weighted by molar-refractivity contribution is 9.10. The summed E-state index contributed by atoms with van der Waals surface area (Å²) in [6.07, 6.45) is 0. The van der Waals surface area contributed by atoms with E-state index in [2.05, 4.69) is 26.0 Å². The van der Waals surface area contributed by atoms with Crippen LogP contribution in [0.2, 0.25) is 5.02 Å². The predicted molar refractivity (Wildman–Crippen MR) is 131 cm³/mol. The zero-order valence-corrected chi connectivity index (χ0v) is 20.9. The third kappa shape index (κ3) is 5.93. The molecule has 0 fully saturated rings. The monoisotopic (exact) mass is 550 g/mol. The molecule has 1 N–H and O–H groups in total. The van der Waals surface area contributed by atoms with Crippen LogP contribution in [0.4, 0.5) is 11.4 Å². The molecule has 0 bridgehead atoms. The van der Waals surface area contributed by atoms with Crippen LogP contribution in [-0.2, 0) is 19.6 Å². The van der Waals surface area contributed by atoms with Crippen LogP contribution < -0.4 is 9.62 Å². The molecule has 0 unspecified atom stereocenters. The van der Waals surface area contributed by atoms with Gasteiger partial charge in [0.15, 0.2) is 0 Å². The summed E-state index contributed by atoms with van der Waals surface area (Å²) in [5.74, 6) is -1.26. The average Bonchev–Trinajstić information content (AvgIpc) is 2.79. The van der Waals surface area contributed by atoms with Gasteiger partial charge in [0.1, 0.15) is 6.54 Å². The quantitative estimate of drug-likeness (QED) is 0.416. The van der Waals surface area contributed by atoms with Crippen molar-refractivity contribution in [2.75, 3.05) is 23.3 Å². The average molecular weight is 552 g/mol. The van der Waals surface area contributed by atoms with Gasteiger partial charge < -0.3 is 10.1 Å². The van der Waals surface area contributed by atoms with Gasteiger partial charge in [-0.15, -0.1) is 0 Å². The van der Waals surface area contributed by atoms with Gasteiger partial charge in [-0.05, 0) is 61.5 Å². The minimum Gasteiger partial charge on any atom is -0.465 e. The van der Waals surface area contributed by atoms with Gasteiger partial charge in [-0.1, -0.05) is 45.2 Å². The summed E-state index contributed by atoms with van der Waals surface area (Å²) >= 11 is 9.34. The molecule has 1 amide bonds. The largest absolute Gasteiger partial charge is 0.465 e. The van der Waals surface area contributed by atoms with Crippen molar-refractivity contribution in [1.29, 1.82) is 0 Å². The number of ether oxygens (including phenoxy) is 1. The van der Waals surface area contributed by atoms with E-state index in [0.29, 0.717) is 5.69 Å². The summed E-state index contributed by atoms with van der Waals surface area (Å²) in [6.45, 7) is 1.36. The van der Waals surface area contributed by atoms with Gasteiger partial charge in [-0.2, -0.15) is 0 Å². The summed E-state index contributed by atoms with van der Waals surface area (Å²) in [7, 11) is -2.82. The number of hydrogen-bond donors (Lipinski definition) is 1. The van der Waals surface area contributed by atoms with Crippen LogP contribution in [0, 0.1) is 6.92 Å². The number of amides is 1. The van der Waals surface area contributed by atoms with E-state index in [1.807, 2.05) is 6.92 Å². The fourth-order valence-corrected chi connectivity index (χ4v) is 4.84. The number of nitrogens with zero attached hydrogens (tertiary/aromatic N) is 1. The van der Waals surface area contributed by atoms with E-state index in [0.717, 1.165) is 14.3 Å². The standard InChI is InChI=1S/C23H20BrClN2O5S/c1-15-3-10-19(11-4-15)33(30,31)27(18-8-5-16(24)6-9-18)14-22(28)26-17-7-12-21(25)20(13-17)23(29)32-2/h3-13H,14H2,1-2H3,(H,26,28). The molecule has 0 aliphatic carbocycles. The van der Waals surface area contributed by atoms with Crippen LogP contribution in [-0.4, -0.2) is 33.9 Å². The first-order valence-corrected chi connectivity index (χ1v) is 12.3. The Hall–Kier alpha value is -2.88. The molecule has 172 valence electrons. The van der Waals surface area contributed by atoms with Gasteiger partial charge in [0.25, 0.3) is 10.0 Å². The Labute approximate surface area is 205 Å². The van der Waals surface area contributed by atoms with Crippen molar-refractivity contribution in [2.24, 2.45) is 0 Å². The zero-order chi connectivity index (χ0) is 24.2. The van der Waals surface area contributed by atoms with Gasteiger partial charge in [-0.3, -0.25) is 9.10 Å². The number of anilines is 2. The predicted octanol–water partition coefficient (Wildman–Crippen LogP) is 5.03. The van der Waals surface area contributed by atoms with Crippen LogP contribution in [0.3, 0.4) is 0 Å². The van der Waals surface area contributed by atoms with Crippen molar-refractivity contribution >= 4 is 60.8 Å². The summed E-state index contributed by atoms with van der Waals surface area (Å²) in [4.78, 5) is 24.8. The molecular weight excluding hydrogens is 532 g/mol. The number of aryl methyl sites for hydroxylation is 1. The molecule has 7 nitrogen and oxygen atoms in total. The number of esters is 1. The topological polar surface area (TPSA) is 92.8 Å². The van der Waals surface area contributed by atoms with Crippen LogP contribution in [0.15, 0.2) is 76.1 Å². The molecule has 33 heavy (non-hydrogen) atoms. The number of hydrogen-bond acceptors (Lipinski definition) is 5. The van der Waals surface area contributed by atoms with Gasteiger partial charge in [0.2, 0.25) is 5.91 Å². The Balaban J connectivity index is 1.92. The van der Waals surface area contributed by atoms with E-state index in [4.69, 9.17) is 11.6 Å². The lowest BCUT2D eigenvalue weighted by molar-refractivity contribution is -0.114. The SMILES string of the molecule is COC(=O)c1cc(NC(=O)CN(c2ccc(Br)cc2)S(=O)(=O)c2ccc(C)cc2)ccc1Cl. The van der Waals surface area contributed by atoms with E-state index >= 15 is 0 Å². The first-order valence-electron chi connectivity index (χ1n) is 9.64. The van der Waals surface area contributed by atoms with E-state index < -0.39 is 28.4 Å². The fourth-order valence-electron chi connectivity index (χ4n) is 2.96. The Bertz CT molecular complexity index is 1280. The van der Waals surface area contributed by atoms with E-state index in [-0.39, 0.29) is 21.2 Å². The molecule has 3 rings (SSSR count). The molecule has 3 aromatic rings. The summed E-state index contributed by atoms with van der Waals surface area (Å²) in [5.41, 5.74) is 1.58. The third-order valence-corrected chi connectivity index (χ3v) is 7.31. The van der Waals surface area contributed by atoms with Crippen LogP contribution in [0.25, 0.3) is 0 Å². The molecule has 0 aliphatic heterocycles. The number of rotatable bonds is 7.